The fourth-order valence-electron chi connectivity index (χ4n) is 1.68. The van der Waals surface area contributed by atoms with Crippen LogP contribution in [0.3, 0.4) is 0 Å². The largest absolute Gasteiger partial charge is 0.269 e. The maximum Gasteiger partial charge on any atom is 0.269 e. The molecule has 0 atom stereocenters. The molecule has 0 fully saturated rings. The molecular formula is C11H7ClN6O2S. The Balaban J connectivity index is 1.81. The van der Waals surface area contributed by atoms with Gasteiger partial charge in [0.05, 0.1) is 11.5 Å². The minimum Gasteiger partial charge on any atom is -0.258 e. The molecule has 106 valence electrons. The third kappa shape index (κ3) is 2.88. The Bertz CT molecular complexity index is 784. The molecule has 2 heterocycles. The van der Waals surface area contributed by atoms with E-state index >= 15 is 0 Å². The standard InChI is InChI=1S/C11H7ClN6O2S/c12-10-9(14-16-21-10)5-17-6-13-11(15-17)7-1-3-8(4-2-7)18(19)20/h1-4,6H,5H2. The van der Waals surface area contributed by atoms with Crippen molar-refractivity contribution in [1.82, 2.24) is 24.4 Å². The van der Waals surface area contributed by atoms with E-state index in [1.807, 2.05) is 0 Å². The average Bonchev–Trinajstić information content (AvgIpc) is 3.10. The summed E-state index contributed by atoms with van der Waals surface area (Å²) in [7, 11) is 0. The minimum atomic E-state index is -0.451. The summed E-state index contributed by atoms with van der Waals surface area (Å²) in [5.74, 6) is 0.476. The number of nitro groups is 1. The van der Waals surface area contributed by atoms with E-state index in [9.17, 15) is 10.1 Å². The van der Waals surface area contributed by atoms with Gasteiger partial charge in [0, 0.05) is 29.2 Å². The average molecular weight is 323 g/mol. The number of rotatable bonds is 4. The van der Waals surface area contributed by atoms with Gasteiger partial charge in [0.25, 0.3) is 5.69 Å². The second kappa shape index (κ2) is 5.54. The van der Waals surface area contributed by atoms with Crippen molar-refractivity contribution in [3.05, 3.63) is 50.7 Å². The van der Waals surface area contributed by atoms with Crippen molar-refractivity contribution < 1.29 is 4.92 Å². The monoisotopic (exact) mass is 322 g/mol. The Morgan fingerprint density at radius 3 is 2.71 bits per heavy atom. The molecule has 0 aliphatic heterocycles. The van der Waals surface area contributed by atoms with Gasteiger partial charge in [-0.2, -0.15) is 5.10 Å². The first kappa shape index (κ1) is 13.6. The molecule has 1 aromatic carbocycles. The Kier molecular flexibility index (Phi) is 3.59. The van der Waals surface area contributed by atoms with Gasteiger partial charge in [-0.3, -0.25) is 10.1 Å². The summed E-state index contributed by atoms with van der Waals surface area (Å²) in [5, 5.41) is 18.8. The second-order valence-electron chi connectivity index (χ2n) is 4.06. The quantitative estimate of drug-likeness (QED) is 0.540. The lowest BCUT2D eigenvalue weighted by molar-refractivity contribution is -0.384. The normalized spacial score (nSPS) is 10.7. The summed E-state index contributed by atoms with van der Waals surface area (Å²) in [6, 6.07) is 6.04. The van der Waals surface area contributed by atoms with E-state index in [-0.39, 0.29) is 5.69 Å². The maximum absolute atomic E-state index is 10.6. The lowest BCUT2D eigenvalue weighted by atomic mass is 10.2. The SMILES string of the molecule is O=[N+]([O-])c1ccc(-c2ncn(Cc3nnsc3Cl)n2)cc1. The van der Waals surface area contributed by atoms with Gasteiger partial charge in [0.15, 0.2) is 5.82 Å². The predicted octanol–water partition coefficient (Wildman–Crippen LogP) is 2.41. The molecule has 8 nitrogen and oxygen atoms in total. The van der Waals surface area contributed by atoms with Crippen molar-refractivity contribution >= 4 is 28.8 Å². The van der Waals surface area contributed by atoms with Crippen LogP contribution in [0, 0.1) is 10.1 Å². The van der Waals surface area contributed by atoms with Gasteiger partial charge < -0.3 is 0 Å². The number of halogens is 1. The third-order valence-corrected chi connectivity index (χ3v) is 3.68. The molecule has 0 saturated carbocycles. The van der Waals surface area contributed by atoms with E-state index in [1.165, 1.54) is 12.1 Å². The first-order valence-corrected chi connectivity index (χ1v) is 6.89. The van der Waals surface area contributed by atoms with Crippen LogP contribution < -0.4 is 0 Å². The van der Waals surface area contributed by atoms with Gasteiger partial charge >= 0.3 is 0 Å². The molecule has 0 saturated heterocycles. The molecule has 2 aromatic heterocycles. The maximum atomic E-state index is 10.6. The zero-order valence-electron chi connectivity index (χ0n) is 10.4. The van der Waals surface area contributed by atoms with Gasteiger partial charge in [-0.05, 0) is 12.1 Å². The fraction of sp³-hybridized carbons (Fsp3) is 0.0909. The molecule has 0 aliphatic rings. The van der Waals surface area contributed by atoms with Crippen LogP contribution in [-0.2, 0) is 6.54 Å². The highest BCUT2D eigenvalue weighted by atomic mass is 35.5. The first-order chi connectivity index (χ1) is 10.1. The van der Waals surface area contributed by atoms with E-state index in [0.717, 1.165) is 11.5 Å². The van der Waals surface area contributed by atoms with Crippen LogP contribution in [0.4, 0.5) is 5.69 Å². The molecule has 0 N–H and O–H groups in total. The van der Waals surface area contributed by atoms with Crippen molar-refractivity contribution in [3.63, 3.8) is 0 Å². The molecule has 0 radical (unpaired) electrons. The summed E-state index contributed by atoms with van der Waals surface area (Å²) in [6.07, 6.45) is 1.55. The molecule has 3 rings (SSSR count). The van der Waals surface area contributed by atoms with Crippen molar-refractivity contribution in [2.24, 2.45) is 0 Å². The highest BCUT2D eigenvalue weighted by molar-refractivity contribution is 7.10. The van der Waals surface area contributed by atoms with Gasteiger partial charge in [0.2, 0.25) is 0 Å². The van der Waals surface area contributed by atoms with Crippen molar-refractivity contribution in [1.29, 1.82) is 0 Å². The van der Waals surface area contributed by atoms with E-state index in [2.05, 4.69) is 19.7 Å². The van der Waals surface area contributed by atoms with Crippen LogP contribution >= 0.6 is 23.1 Å². The molecule has 21 heavy (non-hydrogen) atoms. The molecule has 0 spiro atoms. The first-order valence-electron chi connectivity index (χ1n) is 5.74. The zero-order chi connectivity index (χ0) is 14.8. The smallest absolute Gasteiger partial charge is 0.258 e. The van der Waals surface area contributed by atoms with Gasteiger partial charge in [0.1, 0.15) is 16.4 Å². The van der Waals surface area contributed by atoms with E-state index in [0.29, 0.717) is 28.0 Å². The summed E-state index contributed by atoms with van der Waals surface area (Å²) >= 11 is 7.04. The van der Waals surface area contributed by atoms with Crippen molar-refractivity contribution in [2.75, 3.05) is 0 Å². The molecule has 0 bridgehead atoms. The Labute approximate surface area is 127 Å². The molecular weight excluding hydrogens is 316 g/mol. The number of hydrogen-bond acceptors (Lipinski definition) is 7. The van der Waals surface area contributed by atoms with Crippen LogP contribution in [0.5, 0.6) is 0 Å². The lowest BCUT2D eigenvalue weighted by Crippen LogP contribution is -2.01. The Morgan fingerprint density at radius 1 is 1.33 bits per heavy atom. The second-order valence-corrected chi connectivity index (χ2v) is 5.42. The van der Waals surface area contributed by atoms with Crippen molar-refractivity contribution in [3.8, 4) is 11.4 Å². The van der Waals surface area contributed by atoms with Crippen molar-refractivity contribution in [2.45, 2.75) is 6.54 Å². The Morgan fingerprint density at radius 2 is 2.10 bits per heavy atom. The Hall–Kier alpha value is -2.39. The minimum absolute atomic E-state index is 0.0264. The zero-order valence-corrected chi connectivity index (χ0v) is 12.0. The topological polar surface area (TPSA) is 99.6 Å². The summed E-state index contributed by atoms with van der Waals surface area (Å²) < 4.78 is 5.84. The van der Waals surface area contributed by atoms with Crippen LogP contribution in [-0.4, -0.2) is 29.3 Å². The number of non-ortho nitro benzene ring substituents is 1. The molecule has 10 heteroatoms. The molecule has 0 aliphatic carbocycles. The van der Waals surface area contributed by atoms with Gasteiger partial charge in [-0.1, -0.05) is 16.1 Å². The van der Waals surface area contributed by atoms with Crippen LogP contribution in [0.15, 0.2) is 30.6 Å². The molecule has 0 unspecified atom stereocenters. The van der Waals surface area contributed by atoms with Crippen LogP contribution in [0.2, 0.25) is 4.34 Å². The number of aromatic nitrogens is 5. The van der Waals surface area contributed by atoms with Crippen LogP contribution in [0.1, 0.15) is 5.69 Å². The number of nitro benzene ring substituents is 1. The number of hydrogen-bond donors (Lipinski definition) is 0. The summed E-state index contributed by atoms with van der Waals surface area (Å²) in [4.78, 5) is 14.3. The van der Waals surface area contributed by atoms with E-state index in [4.69, 9.17) is 11.6 Å². The number of nitrogens with zero attached hydrogens (tertiary/aromatic N) is 6. The van der Waals surface area contributed by atoms with E-state index < -0.39 is 4.92 Å². The van der Waals surface area contributed by atoms with E-state index in [1.54, 1.807) is 23.1 Å². The van der Waals surface area contributed by atoms with Gasteiger partial charge in [-0.25, -0.2) is 9.67 Å². The summed E-state index contributed by atoms with van der Waals surface area (Å²) in [5.41, 5.74) is 1.35. The van der Waals surface area contributed by atoms with Gasteiger partial charge in [-0.15, -0.1) is 5.10 Å². The summed E-state index contributed by atoms with van der Waals surface area (Å²) in [6.45, 7) is 0.370. The highest BCUT2D eigenvalue weighted by Gasteiger charge is 2.10. The lowest BCUT2D eigenvalue weighted by Gasteiger charge is -1.97. The van der Waals surface area contributed by atoms with Crippen LogP contribution in [0.25, 0.3) is 11.4 Å². The highest BCUT2D eigenvalue weighted by Crippen LogP contribution is 2.20. The predicted molar refractivity (Wildman–Crippen MR) is 76.1 cm³/mol. The third-order valence-electron chi connectivity index (χ3n) is 2.69. The molecule has 0 amide bonds. The number of benzene rings is 1. The fourth-order valence-corrected chi connectivity index (χ4v) is 2.29. The molecule has 3 aromatic rings.